The lowest BCUT2D eigenvalue weighted by atomic mass is 10.1. The monoisotopic (exact) mass is 658 g/mol. The van der Waals surface area contributed by atoms with Crippen molar-refractivity contribution < 1.29 is 34.1 Å². The SMILES string of the molecule is CC/C=C\C/C=C\C/C=C\C/C=C\C(CCCCCC(=O)NCC(=O)NC(CO)C(=O)O)OC(=O)CCCCCCC/C=C\CCC. The number of hydrogen-bond acceptors (Lipinski definition) is 6. The summed E-state index contributed by atoms with van der Waals surface area (Å²) in [6, 6.07) is -1.40. The standard InChI is InChI=1S/C38H62N2O7/c1-3-5-7-9-11-13-15-16-18-20-23-27-33(47-37(44)30-26-21-19-17-14-12-10-8-6-4-2)28-24-22-25-29-35(42)39-31-36(43)40-34(32-41)38(45)46/h5,7-8,10-11,13,16,18,23,27,33-34,41H,3-4,6,9,12,14-15,17,19-22,24-26,28-32H2,1-2H3,(H,39,42)(H,40,43)(H,45,46)/b7-5-,10-8-,13-11-,18-16-,27-23-. The van der Waals surface area contributed by atoms with Gasteiger partial charge in [0, 0.05) is 12.8 Å². The van der Waals surface area contributed by atoms with Crippen LogP contribution in [0.3, 0.4) is 0 Å². The molecule has 0 spiro atoms. The summed E-state index contributed by atoms with van der Waals surface area (Å²) in [4.78, 5) is 47.4. The fraction of sp³-hybridized carbons (Fsp3) is 0.632. The van der Waals surface area contributed by atoms with E-state index in [1.54, 1.807) is 0 Å². The Kier molecular flexibility index (Phi) is 30.1. The van der Waals surface area contributed by atoms with Crippen LogP contribution in [0.15, 0.2) is 60.8 Å². The first-order valence-electron chi connectivity index (χ1n) is 17.7. The molecule has 2 unspecified atom stereocenters. The van der Waals surface area contributed by atoms with Crippen molar-refractivity contribution in [3.05, 3.63) is 60.8 Å². The number of allylic oxidation sites excluding steroid dienone is 9. The molecule has 4 N–H and O–H groups in total. The molecule has 0 aromatic rings. The normalized spacial score (nSPS) is 13.3. The summed E-state index contributed by atoms with van der Waals surface area (Å²) in [5, 5.41) is 22.5. The van der Waals surface area contributed by atoms with Crippen LogP contribution >= 0.6 is 0 Å². The number of aliphatic hydroxyl groups is 1. The highest BCUT2D eigenvalue weighted by Gasteiger charge is 2.18. The summed E-state index contributed by atoms with van der Waals surface area (Å²) in [7, 11) is 0. The van der Waals surface area contributed by atoms with E-state index in [4.69, 9.17) is 14.9 Å². The van der Waals surface area contributed by atoms with Crippen LogP contribution in [0.4, 0.5) is 0 Å². The Morgan fingerprint density at radius 3 is 1.94 bits per heavy atom. The Balaban J connectivity index is 4.56. The van der Waals surface area contributed by atoms with Gasteiger partial charge in [-0.2, -0.15) is 0 Å². The topological polar surface area (TPSA) is 142 Å². The van der Waals surface area contributed by atoms with Gasteiger partial charge in [0.15, 0.2) is 0 Å². The van der Waals surface area contributed by atoms with Crippen LogP contribution in [0, 0.1) is 0 Å². The predicted octanol–water partition coefficient (Wildman–Crippen LogP) is 7.42. The molecule has 0 aliphatic carbocycles. The van der Waals surface area contributed by atoms with E-state index in [-0.39, 0.29) is 30.9 Å². The minimum absolute atomic E-state index is 0.177. The van der Waals surface area contributed by atoms with Gasteiger partial charge in [-0.3, -0.25) is 14.4 Å². The number of carboxylic acid groups (broad SMARTS) is 1. The molecule has 0 aliphatic heterocycles. The highest BCUT2D eigenvalue weighted by atomic mass is 16.5. The van der Waals surface area contributed by atoms with Gasteiger partial charge >= 0.3 is 11.9 Å². The van der Waals surface area contributed by atoms with Crippen molar-refractivity contribution >= 4 is 23.8 Å². The molecule has 2 amide bonds. The van der Waals surface area contributed by atoms with Gasteiger partial charge < -0.3 is 25.6 Å². The van der Waals surface area contributed by atoms with Crippen molar-refractivity contribution in [1.82, 2.24) is 10.6 Å². The number of unbranched alkanes of at least 4 members (excludes halogenated alkanes) is 8. The third kappa shape index (κ3) is 29.7. The van der Waals surface area contributed by atoms with E-state index in [1.165, 1.54) is 19.3 Å². The van der Waals surface area contributed by atoms with Crippen LogP contribution < -0.4 is 10.6 Å². The molecule has 2 atom stereocenters. The number of ether oxygens (including phenoxy) is 1. The van der Waals surface area contributed by atoms with E-state index in [2.05, 4.69) is 73.1 Å². The van der Waals surface area contributed by atoms with Crippen molar-refractivity contribution in [2.24, 2.45) is 0 Å². The number of carbonyl (C=O) groups is 4. The lowest BCUT2D eigenvalue weighted by Crippen LogP contribution is -2.47. The molecule has 266 valence electrons. The van der Waals surface area contributed by atoms with Crippen LogP contribution in [-0.2, 0) is 23.9 Å². The quantitative estimate of drug-likeness (QED) is 0.0357. The first kappa shape index (κ1) is 43.5. The Hall–Kier alpha value is -3.46. The van der Waals surface area contributed by atoms with Crippen LogP contribution in [-0.4, -0.2) is 59.3 Å². The largest absolute Gasteiger partial charge is 0.480 e. The van der Waals surface area contributed by atoms with Crippen molar-refractivity contribution in [2.45, 2.75) is 142 Å². The van der Waals surface area contributed by atoms with Gasteiger partial charge in [0.2, 0.25) is 11.8 Å². The van der Waals surface area contributed by atoms with Gasteiger partial charge in [0.1, 0.15) is 12.1 Å². The first-order chi connectivity index (χ1) is 22.8. The van der Waals surface area contributed by atoms with Crippen molar-refractivity contribution in [1.29, 1.82) is 0 Å². The van der Waals surface area contributed by atoms with Gasteiger partial charge in [0.05, 0.1) is 13.2 Å². The number of rotatable bonds is 30. The van der Waals surface area contributed by atoms with Gasteiger partial charge in [-0.05, 0) is 76.7 Å². The maximum atomic E-state index is 12.6. The zero-order valence-electron chi connectivity index (χ0n) is 29.0. The fourth-order valence-corrected chi connectivity index (χ4v) is 4.51. The summed E-state index contributed by atoms with van der Waals surface area (Å²) in [5.41, 5.74) is 0. The van der Waals surface area contributed by atoms with Gasteiger partial charge in [-0.15, -0.1) is 0 Å². The Labute approximate surface area is 283 Å². The number of aliphatic hydroxyl groups excluding tert-OH is 1. The van der Waals surface area contributed by atoms with Crippen LogP contribution in [0.2, 0.25) is 0 Å². The summed E-state index contributed by atoms with van der Waals surface area (Å²) in [5.74, 6) is -2.52. The molecule has 0 aromatic heterocycles. The molecule has 0 radical (unpaired) electrons. The smallest absolute Gasteiger partial charge is 0.328 e. The molecule has 0 aromatic carbocycles. The fourth-order valence-electron chi connectivity index (χ4n) is 4.51. The number of hydrogen-bond donors (Lipinski definition) is 4. The zero-order chi connectivity index (χ0) is 34.8. The molecule has 0 aliphatic rings. The van der Waals surface area contributed by atoms with E-state index in [1.807, 2.05) is 12.2 Å². The van der Waals surface area contributed by atoms with Crippen molar-refractivity contribution in [3.8, 4) is 0 Å². The Bertz CT molecular complexity index is 985. The highest BCUT2D eigenvalue weighted by molar-refractivity contribution is 5.87. The minimum Gasteiger partial charge on any atom is -0.480 e. The molecule has 0 saturated carbocycles. The molecular weight excluding hydrogens is 596 g/mol. The van der Waals surface area contributed by atoms with Crippen LogP contribution in [0.1, 0.15) is 129 Å². The Morgan fingerprint density at radius 2 is 1.28 bits per heavy atom. The van der Waals surface area contributed by atoms with Crippen molar-refractivity contribution in [2.75, 3.05) is 13.2 Å². The summed E-state index contributed by atoms with van der Waals surface area (Å²) < 4.78 is 5.82. The Morgan fingerprint density at radius 1 is 0.681 bits per heavy atom. The van der Waals surface area contributed by atoms with Gasteiger partial charge in [-0.25, -0.2) is 4.79 Å². The summed E-state index contributed by atoms with van der Waals surface area (Å²) in [6.45, 7) is 3.21. The van der Waals surface area contributed by atoms with Gasteiger partial charge in [0.25, 0.3) is 0 Å². The number of nitrogens with one attached hydrogen (secondary N) is 2. The average molecular weight is 659 g/mol. The number of aliphatic carboxylic acids is 1. The molecule has 47 heavy (non-hydrogen) atoms. The van der Waals surface area contributed by atoms with E-state index >= 15 is 0 Å². The van der Waals surface area contributed by atoms with Crippen LogP contribution in [0.5, 0.6) is 0 Å². The lowest BCUT2D eigenvalue weighted by Gasteiger charge is -2.15. The van der Waals surface area contributed by atoms with Crippen molar-refractivity contribution in [3.63, 3.8) is 0 Å². The van der Waals surface area contributed by atoms with E-state index in [9.17, 15) is 19.2 Å². The molecule has 0 saturated heterocycles. The first-order valence-corrected chi connectivity index (χ1v) is 17.7. The number of carboxylic acids is 1. The van der Waals surface area contributed by atoms with Gasteiger partial charge in [-0.1, -0.05) is 101 Å². The number of amides is 2. The maximum absolute atomic E-state index is 12.6. The van der Waals surface area contributed by atoms with E-state index < -0.39 is 24.5 Å². The molecule has 0 heterocycles. The molecule has 0 rings (SSSR count). The number of carbonyl (C=O) groups excluding carboxylic acids is 3. The molecule has 0 bridgehead atoms. The zero-order valence-corrected chi connectivity index (χ0v) is 29.0. The van der Waals surface area contributed by atoms with Crippen LogP contribution in [0.25, 0.3) is 0 Å². The van der Waals surface area contributed by atoms with E-state index in [0.29, 0.717) is 19.3 Å². The average Bonchev–Trinajstić information content (AvgIpc) is 3.05. The minimum atomic E-state index is -1.40. The molecule has 0 fully saturated rings. The number of esters is 1. The maximum Gasteiger partial charge on any atom is 0.328 e. The third-order valence-corrected chi connectivity index (χ3v) is 7.21. The third-order valence-electron chi connectivity index (χ3n) is 7.21. The highest BCUT2D eigenvalue weighted by Crippen LogP contribution is 2.14. The molecule has 9 nitrogen and oxygen atoms in total. The second-order valence-corrected chi connectivity index (χ2v) is 11.6. The molecule has 9 heteroatoms. The summed E-state index contributed by atoms with van der Waals surface area (Å²) >= 11 is 0. The second kappa shape index (κ2) is 32.5. The lowest BCUT2D eigenvalue weighted by molar-refractivity contribution is -0.147. The van der Waals surface area contributed by atoms with E-state index in [0.717, 1.165) is 70.6 Å². The second-order valence-electron chi connectivity index (χ2n) is 11.6. The molecular formula is C38H62N2O7. The predicted molar refractivity (Wildman–Crippen MR) is 190 cm³/mol. The summed E-state index contributed by atoms with van der Waals surface area (Å²) in [6.07, 6.45) is 36.9.